The van der Waals surface area contributed by atoms with Crippen LogP contribution in [0.5, 0.6) is 5.75 Å². The Morgan fingerprint density at radius 1 is 1.27 bits per heavy atom. The van der Waals surface area contributed by atoms with Gasteiger partial charge in [-0.2, -0.15) is 13.2 Å². The van der Waals surface area contributed by atoms with Gasteiger partial charge in [0.2, 0.25) is 0 Å². The van der Waals surface area contributed by atoms with Crippen LogP contribution in [0.1, 0.15) is 28.5 Å². The molecule has 0 fully saturated rings. The summed E-state index contributed by atoms with van der Waals surface area (Å²) in [5.41, 5.74) is -3.95. The summed E-state index contributed by atoms with van der Waals surface area (Å²) in [5, 5.41) is 0. The molecule has 0 unspecified atom stereocenters. The number of nitrogens with zero attached hydrogens (tertiary/aromatic N) is 1. The molecule has 22 heavy (non-hydrogen) atoms. The highest BCUT2D eigenvalue weighted by Gasteiger charge is 2.42. The third-order valence-electron chi connectivity index (χ3n) is 2.26. The number of esters is 1. The van der Waals surface area contributed by atoms with Crippen molar-refractivity contribution in [2.45, 2.75) is 25.3 Å². The van der Waals surface area contributed by atoms with Crippen molar-refractivity contribution in [3.8, 4) is 5.75 Å². The van der Waals surface area contributed by atoms with E-state index >= 15 is 0 Å². The fraction of sp³-hybridized carbons (Fsp3) is 0.455. The number of carbonyl (C=O) groups is 1. The number of rotatable bonds is 4. The van der Waals surface area contributed by atoms with Gasteiger partial charge in [-0.3, -0.25) is 0 Å². The van der Waals surface area contributed by atoms with Gasteiger partial charge >= 0.3 is 18.5 Å². The minimum absolute atomic E-state index is 0.241. The first-order valence-corrected chi connectivity index (χ1v) is 6.12. The number of pyridine rings is 1. The lowest BCUT2D eigenvalue weighted by atomic mass is 10.1. The molecule has 4 nitrogen and oxygen atoms in total. The van der Waals surface area contributed by atoms with Crippen molar-refractivity contribution in [1.82, 2.24) is 4.98 Å². The van der Waals surface area contributed by atoms with E-state index in [1.54, 1.807) is 0 Å². The quantitative estimate of drug-likeness (QED) is 0.469. The zero-order chi connectivity index (χ0) is 17.1. The van der Waals surface area contributed by atoms with Crippen molar-refractivity contribution in [1.29, 1.82) is 0 Å². The van der Waals surface area contributed by atoms with E-state index < -0.39 is 47.0 Å². The molecule has 0 bridgehead atoms. The standard InChI is InChI=1S/C11H8ClF6NO3/c1-2-21-9(20)8-7(10(13,14)15)5(3-12)6(4-19-8)22-11(16,17)18/h4H,2-3H2,1H3. The normalized spacial score (nSPS) is 12.2. The molecule has 0 aromatic carbocycles. The fourth-order valence-electron chi connectivity index (χ4n) is 1.54. The van der Waals surface area contributed by atoms with Crippen molar-refractivity contribution in [3.63, 3.8) is 0 Å². The number of hydrogen-bond acceptors (Lipinski definition) is 4. The highest BCUT2D eigenvalue weighted by molar-refractivity contribution is 6.17. The molecule has 1 aromatic rings. The van der Waals surface area contributed by atoms with Gasteiger partial charge in [0.05, 0.1) is 24.2 Å². The molecule has 1 rings (SSSR count). The first-order chi connectivity index (χ1) is 10.0. The Morgan fingerprint density at radius 3 is 2.27 bits per heavy atom. The van der Waals surface area contributed by atoms with Gasteiger partial charge in [-0.1, -0.05) is 0 Å². The van der Waals surface area contributed by atoms with Crippen LogP contribution in [0.4, 0.5) is 26.3 Å². The van der Waals surface area contributed by atoms with Gasteiger partial charge in [0, 0.05) is 5.56 Å². The van der Waals surface area contributed by atoms with Crippen molar-refractivity contribution < 1.29 is 40.6 Å². The van der Waals surface area contributed by atoms with Gasteiger partial charge in [0.25, 0.3) is 0 Å². The maximum atomic E-state index is 13.1. The Bertz CT molecular complexity index is 558. The molecular weight excluding hydrogens is 344 g/mol. The lowest BCUT2D eigenvalue weighted by Crippen LogP contribution is -2.23. The third-order valence-corrected chi connectivity index (χ3v) is 2.53. The monoisotopic (exact) mass is 351 g/mol. The molecule has 0 N–H and O–H groups in total. The van der Waals surface area contributed by atoms with E-state index in [1.807, 2.05) is 0 Å². The summed E-state index contributed by atoms with van der Waals surface area (Å²) in [6.45, 7) is 1.10. The van der Waals surface area contributed by atoms with Gasteiger partial charge in [-0.15, -0.1) is 24.8 Å². The minimum atomic E-state index is -5.24. The molecule has 0 aliphatic carbocycles. The van der Waals surface area contributed by atoms with Crippen molar-refractivity contribution in [3.05, 3.63) is 23.0 Å². The number of alkyl halides is 7. The zero-order valence-corrected chi connectivity index (χ0v) is 11.6. The molecule has 1 aromatic heterocycles. The second kappa shape index (κ2) is 6.59. The van der Waals surface area contributed by atoms with Crippen molar-refractivity contribution >= 4 is 17.6 Å². The van der Waals surface area contributed by atoms with Gasteiger partial charge in [-0.25, -0.2) is 9.78 Å². The molecule has 0 aliphatic heterocycles. The summed E-state index contributed by atoms with van der Waals surface area (Å²) in [6.07, 6.45) is -10.1. The molecular formula is C11H8ClF6NO3. The van der Waals surface area contributed by atoms with E-state index in [0.717, 1.165) is 0 Å². The summed E-state index contributed by atoms with van der Waals surface area (Å²) in [6, 6.07) is 0. The lowest BCUT2D eigenvalue weighted by molar-refractivity contribution is -0.275. The largest absolute Gasteiger partial charge is 0.573 e. The van der Waals surface area contributed by atoms with E-state index in [2.05, 4.69) is 14.5 Å². The zero-order valence-electron chi connectivity index (χ0n) is 10.8. The Balaban J connectivity index is 3.54. The van der Waals surface area contributed by atoms with Crippen LogP contribution in [0.3, 0.4) is 0 Å². The number of ether oxygens (including phenoxy) is 2. The van der Waals surface area contributed by atoms with Crippen LogP contribution < -0.4 is 4.74 Å². The van der Waals surface area contributed by atoms with E-state index in [-0.39, 0.29) is 6.61 Å². The number of carbonyl (C=O) groups excluding carboxylic acids is 1. The summed E-state index contributed by atoms with van der Waals surface area (Å²) in [7, 11) is 0. The second-order valence-corrected chi connectivity index (χ2v) is 3.99. The van der Waals surface area contributed by atoms with Crippen molar-refractivity contribution in [2.24, 2.45) is 0 Å². The topological polar surface area (TPSA) is 48.4 Å². The molecule has 0 saturated carbocycles. The summed E-state index contributed by atoms with van der Waals surface area (Å²) >= 11 is 5.30. The molecule has 124 valence electrons. The predicted octanol–water partition coefficient (Wildman–Crippen LogP) is 3.91. The van der Waals surface area contributed by atoms with Crippen LogP contribution in [0.15, 0.2) is 6.20 Å². The average molecular weight is 352 g/mol. The Hall–Kier alpha value is -1.71. The first-order valence-electron chi connectivity index (χ1n) is 5.59. The SMILES string of the molecule is CCOC(=O)c1ncc(OC(F)(F)F)c(CCl)c1C(F)(F)F. The Kier molecular flexibility index (Phi) is 5.49. The minimum Gasteiger partial charge on any atom is -0.461 e. The van der Waals surface area contributed by atoms with E-state index in [1.165, 1.54) is 6.92 Å². The Labute approximate surface area is 125 Å². The fourth-order valence-corrected chi connectivity index (χ4v) is 1.80. The molecule has 0 aliphatic rings. The third kappa shape index (κ3) is 4.39. The van der Waals surface area contributed by atoms with Crippen molar-refractivity contribution in [2.75, 3.05) is 6.61 Å². The maximum Gasteiger partial charge on any atom is 0.573 e. The van der Waals surface area contributed by atoms with Crippen LogP contribution in [0.2, 0.25) is 0 Å². The molecule has 0 atom stereocenters. The molecule has 0 saturated heterocycles. The van der Waals surface area contributed by atoms with Crippen LogP contribution >= 0.6 is 11.6 Å². The van der Waals surface area contributed by atoms with Crippen LogP contribution in [-0.4, -0.2) is 23.9 Å². The lowest BCUT2D eigenvalue weighted by Gasteiger charge is -2.18. The van der Waals surface area contributed by atoms with Crippen LogP contribution in [0.25, 0.3) is 0 Å². The molecule has 0 amide bonds. The summed E-state index contributed by atoms with van der Waals surface area (Å²) in [4.78, 5) is 14.6. The summed E-state index contributed by atoms with van der Waals surface area (Å²) in [5.74, 6) is -3.64. The van der Waals surface area contributed by atoms with Gasteiger partial charge in [0.1, 0.15) is 0 Å². The Morgan fingerprint density at radius 2 is 1.86 bits per heavy atom. The first kappa shape index (κ1) is 18.3. The van der Waals surface area contributed by atoms with Gasteiger partial charge in [-0.05, 0) is 6.92 Å². The molecule has 1 heterocycles. The highest BCUT2D eigenvalue weighted by atomic mass is 35.5. The number of halogens is 7. The molecule has 0 radical (unpaired) electrons. The van der Waals surface area contributed by atoms with E-state index in [9.17, 15) is 31.1 Å². The van der Waals surface area contributed by atoms with E-state index in [0.29, 0.717) is 6.20 Å². The smallest absolute Gasteiger partial charge is 0.461 e. The van der Waals surface area contributed by atoms with E-state index in [4.69, 9.17) is 11.6 Å². The van der Waals surface area contributed by atoms with Gasteiger partial charge < -0.3 is 9.47 Å². The molecule has 11 heteroatoms. The van der Waals surface area contributed by atoms with Crippen LogP contribution in [0, 0.1) is 0 Å². The molecule has 0 spiro atoms. The number of aromatic nitrogens is 1. The second-order valence-electron chi connectivity index (χ2n) is 3.72. The van der Waals surface area contributed by atoms with Gasteiger partial charge in [0.15, 0.2) is 11.4 Å². The highest BCUT2D eigenvalue weighted by Crippen LogP contribution is 2.40. The maximum absolute atomic E-state index is 13.1. The number of hydrogen-bond donors (Lipinski definition) is 0. The summed E-state index contributed by atoms with van der Waals surface area (Å²) < 4.78 is 83.6. The predicted molar refractivity (Wildman–Crippen MR) is 61.4 cm³/mol. The van der Waals surface area contributed by atoms with Crippen LogP contribution in [-0.2, 0) is 16.8 Å². The average Bonchev–Trinajstić information content (AvgIpc) is 2.35.